The molecule has 1 atom stereocenters. The summed E-state index contributed by atoms with van der Waals surface area (Å²) in [6, 6.07) is 5.87. The van der Waals surface area contributed by atoms with Crippen LogP contribution in [-0.4, -0.2) is 30.1 Å². The Morgan fingerprint density at radius 2 is 2.35 bits per heavy atom. The van der Waals surface area contributed by atoms with Gasteiger partial charge in [0.05, 0.1) is 7.11 Å². The minimum absolute atomic E-state index is 0.626. The Kier molecular flexibility index (Phi) is 5.41. The van der Waals surface area contributed by atoms with Crippen molar-refractivity contribution in [2.45, 2.75) is 25.8 Å². The number of rotatable bonds is 5. The number of nitrogen functional groups attached to an aromatic ring is 1. The molecule has 0 saturated carbocycles. The Hall–Kier alpha value is -1.30. The van der Waals surface area contributed by atoms with Crippen LogP contribution in [0.1, 0.15) is 23.3 Å². The van der Waals surface area contributed by atoms with Gasteiger partial charge in [0, 0.05) is 29.2 Å². The Bertz CT molecular complexity index is 661. The number of anilines is 1. The first-order valence-electron chi connectivity index (χ1n) is 7.89. The second kappa shape index (κ2) is 7.51. The lowest BCUT2D eigenvalue weighted by atomic mass is 9.91. The fourth-order valence-corrected chi connectivity index (χ4v) is 4.22. The number of nitrogens with zero attached hydrogens (tertiary/aromatic N) is 2. The van der Waals surface area contributed by atoms with Crippen LogP contribution in [0.3, 0.4) is 0 Å². The van der Waals surface area contributed by atoms with Crippen LogP contribution >= 0.6 is 22.9 Å². The molecule has 0 radical (unpaired) electrons. The molecule has 0 bridgehead atoms. The summed E-state index contributed by atoms with van der Waals surface area (Å²) in [5.41, 5.74) is 6.92. The molecule has 2 N–H and O–H groups in total. The summed E-state index contributed by atoms with van der Waals surface area (Å²) in [6.45, 7) is 3.17. The van der Waals surface area contributed by atoms with E-state index in [1.807, 2.05) is 24.4 Å². The van der Waals surface area contributed by atoms with E-state index < -0.39 is 0 Å². The number of likely N-dealkylation sites (tertiary alicyclic amines) is 1. The molecule has 2 heterocycles. The van der Waals surface area contributed by atoms with Gasteiger partial charge in [-0.25, -0.2) is 4.98 Å². The third kappa shape index (κ3) is 4.37. The van der Waals surface area contributed by atoms with E-state index in [9.17, 15) is 0 Å². The number of thiazole rings is 1. The first-order valence-corrected chi connectivity index (χ1v) is 9.08. The van der Waals surface area contributed by atoms with Gasteiger partial charge in [-0.3, -0.25) is 4.90 Å². The normalized spacial score (nSPS) is 19.0. The van der Waals surface area contributed by atoms with Gasteiger partial charge < -0.3 is 10.5 Å². The Morgan fingerprint density at radius 1 is 1.48 bits per heavy atom. The number of nitrogens with two attached hydrogens (primary N) is 1. The number of benzene rings is 1. The fourth-order valence-electron chi connectivity index (χ4n) is 3.30. The third-order valence-electron chi connectivity index (χ3n) is 4.31. The standard InChI is InChI=1S/C17H22ClN3OS/c1-22-16-5-4-14(18)8-13(16)7-12-3-2-6-21(10-12)11-15-9-20-17(19)23-15/h4-5,8-9,12H,2-3,6-7,10-11H2,1H3,(H2,19,20). The molecule has 3 rings (SSSR count). The number of halogens is 1. The van der Waals surface area contributed by atoms with Crippen molar-refractivity contribution in [2.75, 3.05) is 25.9 Å². The number of ether oxygens (including phenoxy) is 1. The highest BCUT2D eigenvalue weighted by molar-refractivity contribution is 7.15. The van der Waals surface area contributed by atoms with Crippen molar-refractivity contribution in [3.63, 3.8) is 0 Å². The summed E-state index contributed by atoms with van der Waals surface area (Å²) in [6.07, 6.45) is 5.37. The van der Waals surface area contributed by atoms with E-state index >= 15 is 0 Å². The van der Waals surface area contributed by atoms with Crippen LogP contribution in [0.15, 0.2) is 24.4 Å². The van der Waals surface area contributed by atoms with E-state index in [1.165, 1.54) is 23.3 Å². The third-order valence-corrected chi connectivity index (χ3v) is 5.35. The van der Waals surface area contributed by atoms with Crippen LogP contribution in [0.2, 0.25) is 5.02 Å². The predicted octanol–water partition coefficient (Wildman–Crippen LogP) is 3.84. The van der Waals surface area contributed by atoms with Gasteiger partial charge in [-0.2, -0.15) is 0 Å². The van der Waals surface area contributed by atoms with E-state index in [4.69, 9.17) is 22.1 Å². The number of hydrogen-bond donors (Lipinski definition) is 1. The highest BCUT2D eigenvalue weighted by atomic mass is 35.5. The van der Waals surface area contributed by atoms with Gasteiger partial charge in [-0.05, 0) is 55.5 Å². The quantitative estimate of drug-likeness (QED) is 0.889. The van der Waals surface area contributed by atoms with Crippen LogP contribution in [-0.2, 0) is 13.0 Å². The highest BCUT2D eigenvalue weighted by Crippen LogP contribution is 2.29. The number of methoxy groups -OCH3 is 1. The highest BCUT2D eigenvalue weighted by Gasteiger charge is 2.22. The van der Waals surface area contributed by atoms with Crippen molar-refractivity contribution in [1.82, 2.24) is 9.88 Å². The van der Waals surface area contributed by atoms with Crippen molar-refractivity contribution in [1.29, 1.82) is 0 Å². The van der Waals surface area contributed by atoms with Gasteiger partial charge in [0.25, 0.3) is 0 Å². The lowest BCUT2D eigenvalue weighted by molar-refractivity contribution is 0.167. The minimum atomic E-state index is 0.626. The second-order valence-corrected chi connectivity index (χ2v) is 7.65. The molecule has 1 aliphatic heterocycles. The lowest BCUT2D eigenvalue weighted by Gasteiger charge is -2.32. The molecule has 0 spiro atoms. The number of piperidine rings is 1. The summed E-state index contributed by atoms with van der Waals surface area (Å²) >= 11 is 7.73. The van der Waals surface area contributed by atoms with Gasteiger partial charge in [-0.1, -0.05) is 11.6 Å². The molecule has 23 heavy (non-hydrogen) atoms. The Morgan fingerprint density at radius 3 is 3.09 bits per heavy atom. The SMILES string of the molecule is COc1ccc(Cl)cc1CC1CCCN(Cc2cnc(N)s2)C1. The van der Waals surface area contributed by atoms with Crippen LogP contribution in [0.25, 0.3) is 0 Å². The molecule has 6 heteroatoms. The molecule has 1 unspecified atom stereocenters. The smallest absolute Gasteiger partial charge is 0.180 e. The molecule has 1 aromatic heterocycles. The fraction of sp³-hybridized carbons (Fsp3) is 0.471. The largest absolute Gasteiger partial charge is 0.496 e. The van der Waals surface area contributed by atoms with E-state index in [2.05, 4.69) is 9.88 Å². The molecule has 1 fully saturated rings. The van der Waals surface area contributed by atoms with Crippen LogP contribution in [0.5, 0.6) is 5.75 Å². The van der Waals surface area contributed by atoms with Gasteiger partial charge >= 0.3 is 0 Å². The zero-order valence-electron chi connectivity index (χ0n) is 13.3. The molecule has 1 saturated heterocycles. The maximum atomic E-state index is 6.15. The van der Waals surface area contributed by atoms with Gasteiger partial charge in [0.15, 0.2) is 5.13 Å². The lowest BCUT2D eigenvalue weighted by Crippen LogP contribution is -2.35. The summed E-state index contributed by atoms with van der Waals surface area (Å²) in [7, 11) is 1.72. The molecule has 0 amide bonds. The van der Waals surface area contributed by atoms with E-state index in [-0.39, 0.29) is 0 Å². The predicted molar refractivity (Wildman–Crippen MR) is 96.2 cm³/mol. The van der Waals surface area contributed by atoms with Gasteiger partial charge in [0.1, 0.15) is 5.75 Å². The van der Waals surface area contributed by atoms with E-state index in [0.29, 0.717) is 11.0 Å². The van der Waals surface area contributed by atoms with Crippen molar-refractivity contribution >= 4 is 28.1 Å². The van der Waals surface area contributed by atoms with Gasteiger partial charge in [-0.15, -0.1) is 11.3 Å². The number of aromatic nitrogens is 1. The molecule has 2 aromatic rings. The topological polar surface area (TPSA) is 51.4 Å². The van der Waals surface area contributed by atoms with E-state index in [0.717, 1.165) is 36.8 Å². The zero-order chi connectivity index (χ0) is 16.2. The molecular formula is C17H22ClN3OS. The first-order chi connectivity index (χ1) is 11.1. The molecule has 4 nitrogen and oxygen atoms in total. The van der Waals surface area contributed by atoms with Crippen LogP contribution in [0, 0.1) is 5.92 Å². The average molecular weight is 352 g/mol. The monoisotopic (exact) mass is 351 g/mol. The maximum absolute atomic E-state index is 6.15. The molecular weight excluding hydrogens is 330 g/mol. The summed E-state index contributed by atoms with van der Waals surface area (Å²) < 4.78 is 5.47. The molecule has 1 aliphatic rings. The molecule has 1 aromatic carbocycles. The molecule has 124 valence electrons. The average Bonchev–Trinajstić information content (AvgIpc) is 2.93. The van der Waals surface area contributed by atoms with Crippen molar-refractivity contribution in [3.8, 4) is 5.75 Å². The van der Waals surface area contributed by atoms with Gasteiger partial charge in [0.2, 0.25) is 0 Å². The Labute approximate surface area is 146 Å². The second-order valence-electron chi connectivity index (χ2n) is 6.07. The zero-order valence-corrected chi connectivity index (χ0v) is 14.9. The van der Waals surface area contributed by atoms with E-state index in [1.54, 1.807) is 18.4 Å². The minimum Gasteiger partial charge on any atom is -0.496 e. The van der Waals surface area contributed by atoms with Crippen LogP contribution < -0.4 is 10.5 Å². The van der Waals surface area contributed by atoms with Crippen molar-refractivity contribution in [3.05, 3.63) is 39.9 Å². The van der Waals surface area contributed by atoms with Crippen molar-refractivity contribution < 1.29 is 4.74 Å². The molecule has 0 aliphatic carbocycles. The first kappa shape index (κ1) is 16.6. The maximum Gasteiger partial charge on any atom is 0.180 e. The number of hydrogen-bond acceptors (Lipinski definition) is 5. The summed E-state index contributed by atoms with van der Waals surface area (Å²) in [4.78, 5) is 7.88. The van der Waals surface area contributed by atoms with Crippen LogP contribution in [0.4, 0.5) is 5.13 Å². The Balaban J connectivity index is 1.63. The van der Waals surface area contributed by atoms with Crippen molar-refractivity contribution in [2.24, 2.45) is 5.92 Å². The summed E-state index contributed by atoms with van der Waals surface area (Å²) in [5.74, 6) is 1.56. The summed E-state index contributed by atoms with van der Waals surface area (Å²) in [5, 5.41) is 1.42.